The monoisotopic (exact) mass is 393 g/mol. The topological polar surface area (TPSA) is 55.2 Å². The van der Waals surface area contributed by atoms with Gasteiger partial charge < -0.3 is 4.90 Å². The number of aryl methyl sites for hydroxylation is 1. The van der Waals surface area contributed by atoms with Crippen molar-refractivity contribution in [1.29, 1.82) is 0 Å². The fourth-order valence-electron chi connectivity index (χ4n) is 3.66. The fraction of sp³-hybridized carbons (Fsp3) is 0.450. The Morgan fingerprint density at radius 3 is 2.57 bits per heavy atom. The van der Waals surface area contributed by atoms with E-state index >= 15 is 0 Å². The largest absolute Gasteiger partial charge is 0.416 e. The summed E-state index contributed by atoms with van der Waals surface area (Å²) in [5.74, 6) is -0.913. The van der Waals surface area contributed by atoms with Gasteiger partial charge in [0.1, 0.15) is 0 Å². The minimum atomic E-state index is -4.48. The Morgan fingerprint density at radius 1 is 1.21 bits per heavy atom. The Balaban J connectivity index is 1.94. The molecule has 5 nitrogen and oxygen atoms in total. The van der Waals surface area contributed by atoms with Gasteiger partial charge in [0, 0.05) is 13.1 Å². The maximum atomic E-state index is 13.0. The molecule has 0 radical (unpaired) electrons. The van der Waals surface area contributed by atoms with Crippen molar-refractivity contribution >= 4 is 11.7 Å². The Morgan fingerprint density at radius 2 is 1.93 bits per heavy atom. The number of nitrogens with zero attached hydrogens (tertiary/aromatic N) is 3. The number of rotatable bonds is 3. The summed E-state index contributed by atoms with van der Waals surface area (Å²) in [4.78, 5) is 27.1. The molecule has 1 atom stereocenters. The minimum Gasteiger partial charge on any atom is -0.336 e. The number of amides is 1. The van der Waals surface area contributed by atoms with Crippen LogP contribution in [0.5, 0.6) is 0 Å². The van der Waals surface area contributed by atoms with Crippen LogP contribution in [0.15, 0.2) is 24.3 Å². The highest BCUT2D eigenvalue weighted by Gasteiger charge is 2.32. The number of piperidine rings is 1. The van der Waals surface area contributed by atoms with Gasteiger partial charge in [-0.3, -0.25) is 9.59 Å². The molecule has 1 aromatic carbocycles. The van der Waals surface area contributed by atoms with Crippen molar-refractivity contribution in [3.8, 4) is 5.69 Å². The number of alkyl halides is 3. The molecule has 1 fully saturated rings. The molecule has 0 bridgehead atoms. The van der Waals surface area contributed by atoms with Crippen LogP contribution in [0.2, 0.25) is 0 Å². The molecule has 1 aliphatic rings. The summed E-state index contributed by atoms with van der Waals surface area (Å²) in [7, 11) is 0. The molecular formula is C20H22F3N3O2. The molecule has 3 rings (SSSR count). The van der Waals surface area contributed by atoms with Crippen LogP contribution >= 0.6 is 0 Å². The Hall–Kier alpha value is -2.64. The second-order valence-electron chi connectivity index (χ2n) is 7.33. The third-order valence-electron chi connectivity index (χ3n) is 5.07. The van der Waals surface area contributed by atoms with Gasteiger partial charge in [-0.05, 0) is 50.8 Å². The summed E-state index contributed by atoms with van der Waals surface area (Å²) in [5.41, 5.74) is 0.205. The van der Waals surface area contributed by atoms with Crippen molar-refractivity contribution in [2.24, 2.45) is 5.92 Å². The van der Waals surface area contributed by atoms with Crippen LogP contribution < -0.4 is 0 Å². The third-order valence-corrected chi connectivity index (χ3v) is 5.07. The average Bonchev–Trinajstić information content (AvgIpc) is 2.94. The zero-order valence-corrected chi connectivity index (χ0v) is 16.0. The molecular weight excluding hydrogens is 371 g/mol. The number of benzene rings is 1. The average molecular weight is 393 g/mol. The molecule has 1 amide bonds. The van der Waals surface area contributed by atoms with Crippen LogP contribution in [-0.4, -0.2) is 39.5 Å². The van der Waals surface area contributed by atoms with Crippen LogP contribution in [0, 0.1) is 19.8 Å². The highest BCUT2D eigenvalue weighted by Crippen LogP contribution is 2.31. The van der Waals surface area contributed by atoms with E-state index in [2.05, 4.69) is 5.10 Å². The van der Waals surface area contributed by atoms with Gasteiger partial charge in [-0.2, -0.15) is 18.3 Å². The second kappa shape index (κ2) is 7.41. The SMILES string of the molecule is Cc1nn(-c2cccc(C(F)(F)F)c2)c(C)c1C(=O)C(=O)N1CCC[C@@H](C)C1. The van der Waals surface area contributed by atoms with Crippen molar-refractivity contribution in [2.75, 3.05) is 13.1 Å². The molecule has 1 saturated heterocycles. The van der Waals surface area contributed by atoms with E-state index in [0.717, 1.165) is 25.0 Å². The summed E-state index contributed by atoms with van der Waals surface area (Å²) < 4.78 is 40.3. The molecule has 0 N–H and O–H groups in total. The van der Waals surface area contributed by atoms with E-state index in [9.17, 15) is 22.8 Å². The van der Waals surface area contributed by atoms with E-state index in [1.165, 1.54) is 16.8 Å². The molecule has 2 aromatic rings. The Kier molecular flexibility index (Phi) is 5.32. The van der Waals surface area contributed by atoms with Crippen molar-refractivity contribution in [3.63, 3.8) is 0 Å². The molecule has 0 aliphatic carbocycles. The van der Waals surface area contributed by atoms with Crippen molar-refractivity contribution < 1.29 is 22.8 Å². The zero-order chi connectivity index (χ0) is 20.6. The molecule has 2 heterocycles. The predicted molar refractivity (Wildman–Crippen MR) is 97.3 cm³/mol. The van der Waals surface area contributed by atoms with Crippen LogP contribution in [0.1, 0.15) is 47.1 Å². The quantitative estimate of drug-likeness (QED) is 0.586. The summed E-state index contributed by atoms with van der Waals surface area (Å²) in [6.07, 6.45) is -2.61. The number of aromatic nitrogens is 2. The van der Waals surface area contributed by atoms with Gasteiger partial charge in [-0.1, -0.05) is 13.0 Å². The van der Waals surface area contributed by atoms with E-state index < -0.39 is 23.4 Å². The van der Waals surface area contributed by atoms with Crippen LogP contribution in [0.4, 0.5) is 13.2 Å². The lowest BCUT2D eigenvalue weighted by atomic mass is 9.99. The maximum Gasteiger partial charge on any atom is 0.416 e. The molecule has 1 aromatic heterocycles. The molecule has 0 unspecified atom stereocenters. The van der Waals surface area contributed by atoms with Crippen molar-refractivity contribution in [1.82, 2.24) is 14.7 Å². The lowest BCUT2D eigenvalue weighted by Crippen LogP contribution is -2.43. The van der Waals surface area contributed by atoms with Crippen LogP contribution in [0.3, 0.4) is 0 Å². The van der Waals surface area contributed by atoms with E-state index in [4.69, 9.17) is 0 Å². The molecule has 1 aliphatic heterocycles. The van der Waals surface area contributed by atoms with Gasteiger partial charge in [0.25, 0.3) is 11.7 Å². The standard InChI is InChI=1S/C20H22F3N3O2/c1-12-6-5-9-25(11-12)19(28)18(27)17-13(2)24-26(14(17)3)16-8-4-7-15(10-16)20(21,22)23/h4,7-8,10,12H,5-6,9,11H2,1-3H3/t12-/m1/s1. The van der Waals surface area contributed by atoms with E-state index in [1.807, 2.05) is 6.92 Å². The first-order chi connectivity index (χ1) is 13.1. The number of hydrogen-bond acceptors (Lipinski definition) is 3. The summed E-state index contributed by atoms with van der Waals surface area (Å²) in [6, 6.07) is 4.72. The predicted octanol–water partition coefficient (Wildman–Crippen LogP) is 3.95. The summed E-state index contributed by atoms with van der Waals surface area (Å²) >= 11 is 0. The number of likely N-dealkylation sites (tertiary alicyclic amines) is 1. The smallest absolute Gasteiger partial charge is 0.336 e. The number of ketones is 1. The number of carbonyl (C=O) groups is 2. The molecule has 0 spiro atoms. The minimum absolute atomic E-state index is 0.153. The highest BCUT2D eigenvalue weighted by molar-refractivity contribution is 6.43. The summed E-state index contributed by atoms with van der Waals surface area (Å²) in [5, 5.41) is 4.22. The Labute approximate surface area is 161 Å². The number of hydrogen-bond donors (Lipinski definition) is 0. The zero-order valence-electron chi connectivity index (χ0n) is 16.0. The number of carbonyl (C=O) groups excluding carboxylic acids is 2. The molecule has 0 saturated carbocycles. The van der Waals surface area contributed by atoms with Gasteiger partial charge in [0.05, 0.1) is 28.2 Å². The first kappa shape index (κ1) is 20.1. The lowest BCUT2D eigenvalue weighted by Gasteiger charge is -2.30. The highest BCUT2D eigenvalue weighted by atomic mass is 19.4. The summed E-state index contributed by atoms with van der Waals surface area (Å²) in [6.45, 7) is 6.27. The van der Waals surface area contributed by atoms with E-state index in [0.29, 0.717) is 30.4 Å². The number of halogens is 3. The van der Waals surface area contributed by atoms with Crippen LogP contribution in [0.25, 0.3) is 5.69 Å². The molecule has 150 valence electrons. The lowest BCUT2D eigenvalue weighted by molar-refractivity contribution is -0.137. The first-order valence-electron chi connectivity index (χ1n) is 9.17. The first-order valence-corrected chi connectivity index (χ1v) is 9.17. The second-order valence-corrected chi connectivity index (χ2v) is 7.33. The fourth-order valence-corrected chi connectivity index (χ4v) is 3.66. The van der Waals surface area contributed by atoms with Gasteiger partial charge in [0.15, 0.2) is 0 Å². The number of Topliss-reactive ketones (excluding diaryl/α,β-unsaturated/α-hetero) is 1. The Bertz CT molecular complexity index is 918. The molecule has 8 heteroatoms. The van der Waals surface area contributed by atoms with Crippen LogP contribution in [-0.2, 0) is 11.0 Å². The van der Waals surface area contributed by atoms with E-state index in [1.54, 1.807) is 18.7 Å². The maximum absolute atomic E-state index is 13.0. The molecule has 28 heavy (non-hydrogen) atoms. The third kappa shape index (κ3) is 3.81. The van der Waals surface area contributed by atoms with Crippen molar-refractivity contribution in [2.45, 2.75) is 39.8 Å². The van der Waals surface area contributed by atoms with Gasteiger partial charge >= 0.3 is 6.18 Å². The van der Waals surface area contributed by atoms with E-state index in [-0.39, 0.29) is 11.3 Å². The van der Waals surface area contributed by atoms with Crippen molar-refractivity contribution in [3.05, 3.63) is 46.8 Å². The normalized spacial score (nSPS) is 17.6. The van der Waals surface area contributed by atoms with Gasteiger partial charge in [-0.15, -0.1) is 0 Å². The van der Waals surface area contributed by atoms with Gasteiger partial charge in [0.2, 0.25) is 0 Å². The van der Waals surface area contributed by atoms with Gasteiger partial charge in [-0.25, -0.2) is 4.68 Å².